The van der Waals surface area contributed by atoms with Crippen LogP contribution in [0.5, 0.6) is 0 Å². The predicted molar refractivity (Wildman–Crippen MR) is 67.4 cm³/mol. The van der Waals surface area contributed by atoms with Crippen molar-refractivity contribution in [2.45, 2.75) is 25.2 Å². The van der Waals surface area contributed by atoms with Crippen LogP contribution in [0.3, 0.4) is 0 Å². The lowest BCUT2D eigenvalue weighted by atomic mass is 9.79. The fourth-order valence-electron chi connectivity index (χ4n) is 2.24. The van der Waals surface area contributed by atoms with Crippen LogP contribution in [-0.2, 0) is 21.4 Å². The minimum Gasteiger partial charge on any atom is -0.481 e. The number of hydrogen-bond donors (Lipinski definition) is 3. The first kappa shape index (κ1) is 12.6. The Kier molecular flexibility index (Phi) is 3.09. The molecule has 96 valence electrons. The number of aliphatic carboxylic acids is 1. The highest BCUT2D eigenvalue weighted by molar-refractivity contribution is 5.99. The van der Waals surface area contributed by atoms with E-state index >= 15 is 0 Å². The molecule has 1 aromatic rings. The largest absolute Gasteiger partial charge is 0.481 e. The quantitative estimate of drug-likeness (QED) is 0.737. The third-order valence-electron chi connectivity index (χ3n) is 3.48. The molecule has 2 rings (SSSR count). The van der Waals surface area contributed by atoms with Gasteiger partial charge in [-0.25, -0.2) is 0 Å². The maximum atomic E-state index is 11.4. The summed E-state index contributed by atoms with van der Waals surface area (Å²) in [6.45, 7) is 1.96. The number of amides is 1. The summed E-state index contributed by atoms with van der Waals surface area (Å²) < 4.78 is 0. The topological polar surface area (TPSA) is 92.4 Å². The Labute approximate surface area is 105 Å². The number of carboxylic acids is 1. The molecule has 0 bridgehead atoms. The minimum absolute atomic E-state index is 0.0574. The second-order valence-corrected chi connectivity index (χ2v) is 4.77. The molecule has 1 aromatic carbocycles. The molecule has 5 heteroatoms. The van der Waals surface area contributed by atoms with Gasteiger partial charge in [-0.3, -0.25) is 9.59 Å². The van der Waals surface area contributed by atoms with Crippen LogP contribution >= 0.6 is 0 Å². The van der Waals surface area contributed by atoms with Crippen LogP contribution in [-0.4, -0.2) is 23.5 Å². The summed E-state index contributed by atoms with van der Waals surface area (Å²) in [5.74, 6) is -0.955. The monoisotopic (exact) mass is 248 g/mol. The Morgan fingerprint density at radius 1 is 1.56 bits per heavy atom. The number of rotatable bonds is 4. The van der Waals surface area contributed by atoms with Crippen molar-refractivity contribution in [2.24, 2.45) is 5.73 Å². The van der Waals surface area contributed by atoms with Crippen molar-refractivity contribution in [3.8, 4) is 0 Å². The number of anilines is 1. The van der Waals surface area contributed by atoms with Crippen LogP contribution in [0.15, 0.2) is 18.2 Å². The van der Waals surface area contributed by atoms with Crippen LogP contribution in [0.2, 0.25) is 0 Å². The van der Waals surface area contributed by atoms with Crippen LogP contribution < -0.4 is 11.1 Å². The Balaban J connectivity index is 2.42. The molecule has 1 heterocycles. The van der Waals surface area contributed by atoms with E-state index in [1.54, 1.807) is 25.1 Å². The fraction of sp³-hybridized carbons (Fsp3) is 0.385. The molecule has 0 saturated heterocycles. The zero-order valence-corrected chi connectivity index (χ0v) is 10.2. The lowest BCUT2D eigenvalue weighted by molar-refractivity contribution is -0.143. The molecule has 0 saturated carbocycles. The van der Waals surface area contributed by atoms with Crippen LogP contribution in [0.25, 0.3) is 0 Å². The van der Waals surface area contributed by atoms with Gasteiger partial charge in [-0.1, -0.05) is 12.1 Å². The molecule has 18 heavy (non-hydrogen) atoms. The van der Waals surface area contributed by atoms with Gasteiger partial charge in [0.1, 0.15) is 0 Å². The Hall–Kier alpha value is -1.88. The fourth-order valence-corrected chi connectivity index (χ4v) is 2.24. The summed E-state index contributed by atoms with van der Waals surface area (Å²) in [5.41, 5.74) is 6.80. The number of carbonyl (C=O) groups excluding carboxylic acids is 1. The molecule has 1 amide bonds. The van der Waals surface area contributed by atoms with Crippen molar-refractivity contribution in [3.63, 3.8) is 0 Å². The normalized spacial score (nSPS) is 16.9. The van der Waals surface area contributed by atoms with Gasteiger partial charge >= 0.3 is 5.97 Å². The first-order chi connectivity index (χ1) is 8.47. The lowest BCUT2D eigenvalue weighted by Crippen LogP contribution is -2.34. The van der Waals surface area contributed by atoms with Crippen LogP contribution in [0.4, 0.5) is 5.69 Å². The van der Waals surface area contributed by atoms with Gasteiger partial charge in [0, 0.05) is 5.69 Å². The van der Waals surface area contributed by atoms with Crippen molar-refractivity contribution in [1.29, 1.82) is 0 Å². The van der Waals surface area contributed by atoms with Gasteiger partial charge in [0.25, 0.3) is 0 Å². The van der Waals surface area contributed by atoms with Gasteiger partial charge in [0.2, 0.25) is 5.91 Å². The zero-order valence-electron chi connectivity index (χ0n) is 10.2. The SMILES string of the molecule is CC(CCN)(C(=O)O)c1ccc2c(c1)CC(=O)N2. The number of nitrogens with two attached hydrogens (primary N) is 1. The summed E-state index contributed by atoms with van der Waals surface area (Å²) in [6, 6.07) is 5.29. The predicted octanol–water partition coefficient (Wildman–Crippen LogP) is 0.872. The molecule has 1 atom stereocenters. The number of fused-ring (bicyclic) bond motifs is 1. The average molecular weight is 248 g/mol. The number of benzene rings is 1. The van der Waals surface area contributed by atoms with Gasteiger partial charge in [-0.05, 0) is 37.1 Å². The summed E-state index contributed by atoms with van der Waals surface area (Å²) in [7, 11) is 0. The first-order valence-corrected chi connectivity index (χ1v) is 5.84. The van der Waals surface area contributed by atoms with E-state index in [-0.39, 0.29) is 5.91 Å². The molecule has 4 N–H and O–H groups in total. The van der Waals surface area contributed by atoms with Crippen molar-refractivity contribution in [2.75, 3.05) is 11.9 Å². The number of carboxylic acid groups (broad SMARTS) is 1. The number of hydrogen-bond acceptors (Lipinski definition) is 3. The van der Waals surface area contributed by atoms with Crippen molar-refractivity contribution >= 4 is 17.6 Å². The second-order valence-electron chi connectivity index (χ2n) is 4.77. The molecule has 0 spiro atoms. The lowest BCUT2D eigenvalue weighted by Gasteiger charge is -2.25. The summed E-state index contributed by atoms with van der Waals surface area (Å²) in [5, 5.41) is 12.1. The van der Waals surface area contributed by atoms with E-state index in [2.05, 4.69) is 5.32 Å². The van der Waals surface area contributed by atoms with E-state index in [0.717, 1.165) is 11.3 Å². The third-order valence-corrected chi connectivity index (χ3v) is 3.48. The van der Waals surface area contributed by atoms with Crippen LogP contribution in [0.1, 0.15) is 24.5 Å². The second kappa shape index (κ2) is 4.42. The van der Waals surface area contributed by atoms with Crippen molar-refractivity contribution in [1.82, 2.24) is 0 Å². The minimum atomic E-state index is -1.00. The Bertz CT molecular complexity index is 513. The summed E-state index contributed by atoms with van der Waals surface area (Å²) >= 11 is 0. The summed E-state index contributed by atoms with van der Waals surface area (Å²) in [4.78, 5) is 22.7. The highest BCUT2D eigenvalue weighted by Gasteiger charge is 2.35. The molecule has 0 aromatic heterocycles. The van der Waals surface area contributed by atoms with E-state index in [1.165, 1.54) is 0 Å². The van der Waals surface area contributed by atoms with Gasteiger partial charge in [-0.15, -0.1) is 0 Å². The van der Waals surface area contributed by atoms with E-state index in [9.17, 15) is 14.7 Å². The average Bonchev–Trinajstić information content (AvgIpc) is 2.67. The third kappa shape index (κ3) is 1.97. The number of nitrogens with one attached hydrogen (secondary N) is 1. The maximum Gasteiger partial charge on any atom is 0.313 e. The standard InChI is InChI=1S/C13H16N2O3/c1-13(4-5-14,12(17)18)9-2-3-10-8(6-9)7-11(16)15-10/h2-3,6H,4-5,7,14H2,1H3,(H,15,16)(H,17,18). The molecule has 0 fully saturated rings. The Morgan fingerprint density at radius 2 is 2.28 bits per heavy atom. The summed E-state index contributed by atoms with van der Waals surface area (Å²) in [6.07, 6.45) is 0.671. The first-order valence-electron chi connectivity index (χ1n) is 5.84. The van der Waals surface area contributed by atoms with E-state index in [1.807, 2.05) is 0 Å². The molecule has 1 unspecified atom stereocenters. The molecule has 0 radical (unpaired) electrons. The van der Waals surface area contributed by atoms with Crippen LogP contribution in [0, 0.1) is 0 Å². The molecule has 0 aliphatic carbocycles. The van der Waals surface area contributed by atoms with Crippen molar-refractivity contribution < 1.29 is 14.7 Å². The molecule has 1 aliphatic rings. The zero-order chi connectivity index (χ0) is 13.3. The highest BCUT2D eigenvalue weighted by Crippen LogP contribution is 2.32. The van der Waals surface area contributed by atoms with E-state index < -0.39 is 11.4 Å². The molecular formula is C13H16N2O3. The van der Waals surface area contributed by atoms with Gasteiger partial charge in [-0.2, -0.15) is 0 Å². The molecule has 1 aliphatic heterocycles. The maximum absolute atomic E-state index is 11.4. The Morgan fingerprint density at radius 3 is 2.89 bits per heavy atom. The van der Waals surface area contributed by atoms with Gasteiger partial charge in [0.15, 0.2) is 0 Å². The highest BCUT2D eigenvalue weighted by atomic mass is 16.4. The molecule has 5 nitrogen and oxygen atoms in total. The van der Waals surface area contributed by atoms with Crippen molar-refractivity contribution in [3.05, 3.63) is 29.3 Å². The smallest absolute Gasteiger partial charge is 0.313 e. The van der Waals surface area contributed by atoms with Gasteiger partial charge < -0.3 is 16.2 Å². The van der Waals surface area contributed by atoms with E-state index in [0.29, 0.717) is 24.9 Å². The number of carbonyl (C=O) groups is 2. The van der Waals surface area contributed by atoms with E-state index in [4.69, 9.17) is 5.73 Å². The van der Waals surface area contributed by atoms with Gasteiger partial charge in [0.05, 0.1) is 11.8 Å². The molecular weight excluding hydrogens is 232 g/mol.